The molecule has 72 valence electrons. The Hall–Kier alpha value is -0.640. The van der Waals surface area contributed by atoms with E-state index in [1.807, 2.05) is 6.92 Å². The van der Waals surface area contributed by atoms with Crippen LogP contribution in [0.25, 0.3) is 0 Å². The Balaban J connectivity index is 2.95. The molecule has 0 aliphatic heterocycles. The van der Waals surface area contributed by atoms with Gasteiger partial charge in [-0.15, -0.1) is 0 Å². The zero-order chi connectivity index (χ0) is 9.84. The highest BCUT2D eigenvalue weighted by atomic mass is 35.5. The smallest absolute Gasteiger partial charge is 0.141 e. The molecule has 13 heavy (non-hydrogen) atoms. The van der Waals surface area contributed by atoms with Gasteiger partial charge in [0.15, 0.2) is 0 Å². The molecule has 0 saturated carbocycles. The summed E-state index contributed by atoms with van der Waals surface area (Å²) in [4.78, 5) is 0. The van der Waals surface area contributed by atoms with Crippen molar-refractivity contribution < 1.29 is 9.60 Å². The predicted octanol–water partition coefficient (Wildman–Crippen LogP) is 2.91. The van der Waals surface area contributed by atoms with Gasteiger partial charge in [-0.1, -0.05) is 24.6 Å². The fraction of sp³-hybridized carbons (Fsp3) is 0.333. The average Bonchev–Trinajstić information content (AvgIpc) is 2.13. The molecule has 0 heterocycles. The molecule has 1 unspecified atom stereocenters. The third kappa shape index (κ3) is 2.40. The Kier molecular flexibility index (Phi) is 3.66. The van der Waals surface area contributed by atoms with Crippen molar-refractivity contribution >= 4 is 11.6 Å². The predicted molar refractivity (Wildman–Crippen MR) is 49.4 cm³/mol. The Labute approximate surface area is 81.3 Å². The van der Waals surface area contributed by atoms with Crippen molar-refractivity contribution in [1.29, 1.82) is 0 Å². The molecule has 0 aliphatic carbocycles. The SMILES string of the molecule is CCC(NO)c1ccc(F)c(Cl)c1. The van der Waals surface area contributed by atoms with Crippen molar-refractivity contribution in [2.24, 2.45) is 0 Å². The molecule has 0 bridgehead atoms. The summed E-state index contributed by atoms with van der Waals surface area (Å²) in [5, 5.41) is 8.83. The van der Waals surface area contributed by atoms with E-state index in [-0.39, 0.29) is 11.1 Å². The molecule has 1 aromatic rings. The first-order valence-electron chi connectivity index (χ1n) is 4.03. The van der Waals surface area contributed by atoms with Crippen LogP contribution in [0.2, 0.25) is 5.02 Å². The molecule has 0 fully saturated rings. The second kappa shape index (κ2) is 4.56. The zero-order valence-corrected chi connectivity index (χ0v) is 7.98. The summed E-state index contributed by atoms with van der Waals surface area (Å²) >= 11 is 5.59. The quantitative estimate of drug-likeness (QED) is 0.741. The van der Waals surface area contributed by atoms with Gasteiger partial charge < -0.3 is 5.21 Å². The number of halogens is 2. The van der Waals surface area contributed by atoms with Crippen molar-refractivity contribution in [2.45, 2.75) is 19.4 Å². The zero-order valence-electron chi connectivity index (χ0n) is 7.22. The molecule has 1 atom stereocenters. The van der Waals surface area contributed by atoms with Crippen molar-refractivity contribution in [3.8, 4) is 0 Å². The van der Waals surface area contributed by atoms with Crippen LogP contribution in [0.5, 0.6) is 0 Å². The minimum Gasteiger partial charge on any atom is -0.316 e. The fourth-order valence-corrected chi connectivity index (χ4v) is 1.32. The number of hydroxylamine groups is 1. The molecule has 0 aliphatic rings. The molecule has 0 aromatic heterocycles. The summed E-state index contributed by atoms with van der Waals surface area (Å²) in [6.07, 6.45) is 0.707. The van der Waals surface area contributed by atoms with Gasteiger partial charge in [0.05, 0.1) is 11.1 Å². The number of hydrogen-bond donors (Lipinski definition) is 2. The van der Waals surface area contributed by atoms with Crippen LogP contribution >= 0.6 is 11.6 Å². The summed E-state index contributed by atoms with van der Waals surface area (Å²) in [5.41, 5.74) is 2.91. The maximum atomic E-state index is 12.8. The molecule has 0 radical (unpaired) electrons. The van der Waals surface area contributed by atoms with E-state index in [9.17, 15) is 4.39 Å². The van der Waals surface area contributed by atoms with Crippen LogP contribution in [0.1, 0.15) is 24.9 Å². The van der Waals surface area contributed by atoms with Gasteiger partial charge in [-0.25, -0.2) is 4.39 Å². The topological polar surface area (TPSA) is 32.3 Å². The highest BCUT2D eigenvalue weighted by molar-refractivity contribution is 6.30. The number of nitrogens with one attached hydrogen (secondary N) is 1. The van der Waals surface area contributed by atoms with Crippen LogP contribution in [0, 0.1) is 5.82 Å². The van der Waals surface area contributed by atoms with E-state index in [1.54, 1.807) is 6.07 Å². The van der Waals surface area contributed by atoms with E-state index in [1.165, 1.54) is 12.1 Å². The van der Waals surface area contributed by atoms with Crippen molar-refractivity contribution in [1.82, 2.24) is 5.48 Å². The van der Waals surface area contributed by atoms with E-state index in [2.05, 4.69) is 5.48 Å². The molecule has 2 nitrogen and oxygen atoms in total. The Morgan fingerprint density at radius 2 is 2.31 bits per heavy atom. The largest absolute Gasteiger partial charge is 0.316 e. The second-order valence-electron chi connectivity index (χ2n) is 2.76. The summed E-state index contributed by atoms with van der Waals surface area (Å²) in [7, 11) is 0. The molecule has 4 heteroatoms. The maximum Gasteiger partial charge on any atom is 0.141 e. The van der Waals surface area contributed by atoms with Crippen LogP contribution in [0.3, 0.4) is 0 Å². The summed E-state index contributed by atoms with van der Waals surface area (Å²) in [6, 6.07) is 4.20. The first-order valence-corrected chi connectivity index (χ1v) is 4.41. The third-order valence-corrected chi connectivity index (χ3v) is 2.20. The molecule has 0 amide bonds. The van der Waals surface area contributed by atoms with Crippen LogP contribution < -0.4 is 5.48 Å². The monoisotopic (exact) mass is 203 g/mol. The van der Waals surface area contributed by atoms with Crippen LogP contribution in [-0.4, -0.2) is 5.21 Å². The Morgan fingerprint density at radius 1 is 1.62 bits per heavy atom. The van der Waals surface area contributed by atoms with Gasteiger partial charge in [0.1, 0.15) is 5.82 Å². The summed E-state index contributed by atoms with van der Waals surface area (Å²) in [6.45, 7) is 1.91. The average molecular weight is 204 g/mol. The van der Waals surface area contributed by atoms with Gasteiger partial charge in [-0.2, -0.15) is 5.48 Å². The highest BCUT2D eigenvalue weighted by Crippen LogP contribution is 2.22. The van der Waals surface area contributed by atoms with Crippen LogP contribution in [0.15, 0.2) is 18.2 Å². The molecule has 1 aromatic carbocycles. The van der Waals surface area contributed by atoms with Crippen molar-refractivity contribution in [3.63, 3.8) is 0 Å². The lowest BCUT2D eigenvalue weighted by atomic mass is 10.1. The van der Waals surface area contributed by atoms with Crippen LogP contribution in [-0.2, 0) is 0 Å². The van der Waals surface area contributed by atoms with E-state index in [0.29, 0.717) is 6.42 Å². The maximum absolute atomic E-state index is 12.8. The number of benzene rings is 1. The minimum absolute atomic E-state index is 0.0752. The lowest BCUT2D eigenvalue weighted by molar-refractivity contribution is 0.124. The van der Waals surface area contributed by atoms with Gasteiger partial charge >= 0.3 is 0 Å². The first kappa shape index (κ1) is 10.4. The standard InChI is InChI=1S/C9H11ClFNO/c1-2-9(12-13)6-3-4-8(11)7(10)5-6/h3-5,9,12-13H,2H2,1H3. The molecular formula is C9H11ClFNO. The molecular weight excluding hydrogens is 193 g/mol. The van der Waals surface area contributed by atoms with Crippen LogP contribution in [0.4, 0.5) is 4.39 Å². The Morgan fingerprint density at radius 3 is 2.77 bits per heavy atom. The molecule has 1 rings (SSSR count). The molecule has 0 saturated heterocycles. The second-order valence-corrected chi connectivity index (χ2v) is 3.17. The first-order chi connectivity index (χ1) is 6.19. The van der Waals surface area contributed by atoms with E-state index in [0.717, 1.165) is 5.56 Å². The number of hydrogen-bond acceptors (Lipinski definition) is 2. The summed E-state index contributed by atoms with van der Waals surface area (Å²) < 4.78 is 12.8. The third-order valence-electron chi connectivity index (χ3n) is 1.91. The van der Waals surface area contributed by atoms with Gasteiger partial charge in [0.2, 0.25) is 0 Å². The van der Waals surface area contributed by atoms with E-state index in [4.69, 9.17) is 16.8 Å². The minimum atomic E-state index is -0.446. The lowest BCUT2D eigenvalue weighted by Crippen LogP contribution is -2.15. The van der Waals surface area contributed by atoms with Crippen molar-refractivity contribution in [3.05, 3.63) is 34.6 Å². The van der Waals surface area contributed by atoms with Gasteiger partial charge in [0, 0.05) is 0 Å². The van der Waals surface area contributed by atoms with Crippen molar-refractivity contribution in [2.75, 3.05) is 0 Å². The van der Waals surface area contributed by atoms with Gasteiger partial charge in [-0.05, 0) is 24.1 Å². The number of rotatable bonds is 3. The molecule has 2 N–H and O–H groups in total. The lowest BCUT2D eigenvalue weighted by Gasteiger charge is -2.12. The fourth-order valence-electron chi connectivity index (χ4n) is 1.13. The Bertz CT molecular complexity index is 289. The van der Waals surface area contributed by atoms with E-state index >= 15 is 0 Å². The van der Waals surface area contributed by atoms with Gasteiger partial charge in [0.25, 0.3) is 0 Å². The summed E-state index contributed by atoms with van der Waals surface area (Å²) in [5.74, 6) is -0.446. The van der Waals surface area contributed by atoms with Gasteiger partial charge in [-0.3, -0.25) is 0 Å². The molecule has 0 spiro atoms. The van der Waals surface area contributed by atoms with E-state index < -0.39 is 5.82 Å². The normalized spacial score (nSPS) is 12.9. The highest BCUT2D eigenvalue weighted by Gasteiger charge is 2.09.